The van der Waals surface area contributed by atoms with Crippen LogP contribution in [0.1, 0.15) is 38.9 Å². The molecule has 1 aromatic heterocycles. The molecule has 2 atom stereocenters. The van der Waals surface area contributed by atoms with Crippen LogP contribution in [0.4, 0.5) is 0 Å². The minimum atomic E-state index is -0.593. The van der Waals surface area contributed by atoms with E-state index in [1.807, 2.05) is 32.9 Å². The maximum absolute atomic E-state index is 10.7. The van der Waals surface area contributed by atoms with Crippen molar-refractivity contribution in [1.29, 1.82) is 0 Å². The first kappa shape index (κ1) is 13.5. The van der Waals surface area contributed by atoms with Gasteiger partial charge in [-0.05, 0) is 37.1 Å². The summed E-state index contributed by atoms with van der Waals surface area (Å²) in [5.74, 6) is 0. The second-order valence-electron chi connectivity index (χ2n) is 4.69. The maximum atomic E-state index is 10.7. The number of hydrogen-bond donors (Lipinski definition) is 1. The molecular formula is C15H20O2S. The average Bonchev–Trinajstić information content (AvgIpc) is 2.86. The van der Waals surface area contributed by atoms with Gasteiger partial charge in [0.2, 0.25) is 0 Å². The number of ether oxygens (including phenoxy) is 1. The van der Waals surface area contributed by atoms with Gasteiger partial charge in [0.05, 0.1) is 5.60 Å². The zero-order valence-corrected chi connectivity index (χ0v) is 12.0. The molecule has 0 radical (unpaired) electrons. The molecule has 18 heavy (non-hydrogen) atoms. The van der Waals surface area contributed by atoms with Crippen LogP contribution in [0.5, 0.6) is 0 Å². The van der Waals surface area contributed by atoms with E-state index in [-0.39, 0.29) is 0 Å². The van der Waals surface area contributed by atoms with Gasteiger partial charge in [0.25, 0.3) is 0 Å². The van der Waals surface area contributed by atoms with Gasteiger partial charge in [-0.15, -0.1) is 11.3 Å². The normalized spacial score (nSPS) is 16.7. The Morgan fingerprint density at radius 3 is 2.78 bits per heavy atom. The van der Waals surface area contributed by atoms with Gasteiger partial charge in [-0.1, -0.05) is 25.1 Å². The van der Waals surface area contributed by atoms with E-state index in [9.17, 15) is 5.11 Å². The van der Waals surface area contributed by atoms with Crippen LogP contribution >= 0.6 is 11.3 Å². The molecule has 98 valence electrons. The highest BCUT2D eigenvalue weighted by atomic mass is 32.1. The molecule has 0 aliphatic rings. The fourth-order valence-electron chi connectivity index (χ4n) is 2.26. The van der Waals surface area contributed by atoms with E-state index in [1.165, 1.54) is 5.39 Å². The second-order valence-corrected chi connectivity index (χ2v) is 5.60. The fourth-order valence-corrected chi connectivity index (χ4v) is 3.20. The largest absolute Gasteiger partial charge is 0.385 e. The van der Waals surface area contributed by atoms with Crippen molar-refractivity contribution in [2.45, 2.75) is 38.9 Å². The van der Waals surface area contributed by atoms with Crippen molar-refractivity contribution >= 4 is 21.4 Å². The van der Waals surface area contributed by atoms with Crippen LogP contribution in [0.2, 0.25) is 0 Å². The van der Waals surface area contributed by atoms with Crippen LogP contribution < -0.4 is 0 Å². The Kier molecular flexibility index (Phi) is 4.05. The molecule has 2 nitrogen and oxygen atoms in total. The Morgan fingerprint density at radius 2 is 2.11 bits per heavy atom. The van der Waals surface area contributed by atoms with Crippen LogP contribution in [0.15, 0.2) is 29.6 Å². The summed E-state index contributed by atoms with van der Waals surface area (Å²) < 4.78 is 6.93. The molecule has 2 rings (SSSR count). The van der Waals surface area contributed by atoms with E-state index in [0.717, 1.165) is 16.7 Å². The third-order valence-electron chi connectivity index (χ3n) is 3.56. The van der Waals surface area contributed by atoms with Gasteiger partial charge in [-0.25, -0.2) is 0 Å². The summed E-state index contributed by atoms with van der Waals surface area (Å²) in [4.78, 5) is 0. The van der Waals surface area contributed by atoms with Crippen molar-refractivity contribution in [2.75, 3.05) is 6.61 Å². The van der Waals surface area contributed by atoms with Gasteiger partial charge in [0.15, 0.2) is 0 Å². The Morgan fingerprint density at radius 1 is 1.33 bits per heavy atom. The first-order valence-electron chi connectivity index (χ1n) is 6.40. The van der Waals surface area contributed by atoms with E-state index in [2.05, 4.69) is 17.5 Å². The Labute approximate surface area is 112 Å². The smallest absolute Gasteiger partial charge is 0.109 e. The van der Waals surface area contributed by atoms with E-state index in [1.54, 1.807) is 11.3 Å². The topological polar surface area (TPSA) is 29.5 Å². The molecule has 0 bridgehead atoms. The highest BCUT2D eigenvalue weighted by Crippen LogP contribution is 2.37. The standard InChI is InChI=1S/C15H20O2S/c1-4-15(3,17-5-2)14(16)12-8-6-7-11-9-10-18-13(11)12/h6-10,14,16H,4-5H2,1-3H3. The van der Waals surface area contributed by atoms with E-state index >= 15 is 0 Å². The van der Waals surface area contributed by atoms with Crippen molar-refractivity contribution in [3.05, 3.63) is 35.2 Å². The molecule has 3 heteroatoms. The number of rotatable bonds is 5. The molecular weight excluding hydrogens is 244 g/mol. The van der Waals surface area contributed by atoms with E-state index in [4.69, 9.17) is 4.74 Å². The van der Waals surface area contributed by atoms with Gasteiger partial charge < -0.3 is 9.84 Å². The lowest BCUT2D eigenvalue weighted by atomic mass is 9.90. The minimum Gasteiger partial charge on any atom is -0.385 e. The number of fused-ring (bicyclic) bond motifs is 1. The van der Waals surface area contributed by atoms with Crippen LogP contribution in [0.3, 0.4) is 0 Å². The van der Waals surface area contributed by atoms with Gasteiger partial charge >= 0.3 is 0 Å². The predicted molar refractivity (Wildman–Crippen MR) is 77.1 cm³/mol. The molecule has 2 aromatic rings. The number of aliphatic hydroxyl groups is 1. The van der Waals surface area contributed by atoms with Gasteiger partial charge in [-0.3, -0.25) is 0 Å². The summed E-state index contributed by atoms with van der Waals surface area (Å²) in [5.41, 5.74) is 0.452. The molecule has 0 aliphatic heterocycles. The number of benzene rings is 1. The number of thiophene rings is 1. The molecule has 0 spiro atoms. The lowest BCUT2D eigenvalue weighted by Crippen LogP contribution is -2.35. The monoisotopic (exact) mass is 264 g/mol. The molecule has 1 heterocycles. The van der Waals surface area contributed by atoms with Crippen molar-refractivity contribution in [1.82, 2.24) is 0 Å². The van der Waals surface area contributed by atoms with Gasteiger partial charge in [0.1, 0.15) is 6.10 Å². The zero-order chi connectivity index (χ0) is 13.2. The van der Waals surface area contributed by atoms with Crippen LogP contribution in [0, 0.1) is 0 Å². The van der Waals surface area contributed by atoms with Crippen molar-refractivity contribution in [2.24, 2.45) is 0 Å². The maximum Gasteiger partial charge on any atom is 0.109 e. The molecule has 0 aliphatic carbocycles. The quantitative estimate of drug-likeness (QED) is 0.879. The van der Waals surface area contributed by atoms with Crippen molar-refractivity contribution < 1.29 is 9.84 Å². The molecule has 0 saturated carbocycles. The lowest BCUT2D eigenvalue weighted by Gasteiger charge is -2.33. The minimum absolute atomic E-state index is 0.521. The summed E-state index contributed by atoms with van der Waals surface area (Å²) in [6, 6.07) is 8.15. The van der Waals surface area contributed by atoms with Gasteiger partial charge in [0, 0.05) is 16.9 Å². The molecule has 0 saturated heterocycles. The summed E-state index contributed by atoms with van der Waals surface area (Å²) in [7, 11) is 0. The zero-order valence-electron chi connectivity index (χ0n) is 11.1. The average molecular weight is 264 g/mol. The number of hydrogen-bond acceptors (Lipinski definition) is 3. The summed E-state index contributed by atoms with van der Waals surface area (Å²) in [6.07, 6.45) is 0.189. The van der Waals surface area contributed by atoms with Crippen molar-refractivity contribution in [3.63, 3.8) is 0 Å². The van der Waals surface area contributed by atoms with Gasteiger partial charge in [-0.2, -0.15) is 0 Å². The SMILES string of the molecule is CCOC(C)(CC)C(O)c1cccc2ccsc12. The van der Waals surface area contributed by atoms with Crippen LogP contribution in [-0.4, -0.2) is 17.3 Å². The van der Waals surface area contributed by atoms with E-state index in [0.29, 0.717) is 6.61 Å². The van der Waals surface area contributed by atoms with Crippen molar-refractivity contribution in [3.8, 4) is 0 Å². The molecule has 1 N–H and O–H groups in total. The lowest BCUT2D eigenvalue weighted by molar-refractivity contribution is -0.112. The van der Waals surface area contributed by atoms with E-state index < -0.39 is 11.7 Å². The molecule has 1 aromatic carbocycles. The van der Waals surface area contributed by atoms with Crippen LogP contribution in [-0.2, 0) is 4.74 Å². The van der Waals surface area contributed by atoms with Crippen LogP contribution in [0.25, 0.3) is 10.1 Å². The Hall–Kier alpha value is -0.900. The first-order valence-corrected chi connectivity index (χ1v) is 7.28. The predicted octanol–water partition coefficient (Wildman–Crippen LogP) is 4.14. The summed E-state index contributed by atoms with van der Waals surface area (Å²) in [6.45, 7) is 6.61. The fraction of sp³-hybridized carbons (Fsp3) is 0.467. The second kappa shape index (κ2) is 5.39. The first-order chi connectivity index (χ1) is 8.62. The molecule has 0 amide bonds. The molecule has 0 fully saturated rings. The summed E-state index contributed by atoms with van der Waals surface area (Å²) >= 11 is 1.67. The third kappa shape index (κ3) is 2.30. The number of aliphatic hydroxyl groups excluding tert-OH is 1. The summed E-state index contributed by atoms with van der Waals surface area (Å²) in [5, 5.41) is 13.9. The highest BCUT2D eigenvalue weighted by molar-refractivity contribution is 7.17. The molecule has 2 unspecified atom stereocenters. The Balaban J connectivity index is 2.43. The Bertz CT molecular complexity index is 520. The highest BCUT2D eigenvalue weighted by Gasteiger charge is 2.34. The third-order valence-corrected chi connectivity index (χ3v) is 4.54.